The first-order valence-corrected chi connectivity index (χ1v) is 13.3. The molecule has 0 aromatic carbocycles. The minimum absolute atomic E-state index is 0.359. The highest BCUT2D eigenvalue weighted by atomic mass is 16.5. The Morgan fingerprint density at radius 3 is 2.52 bits per heavy atom. The van der Waals surface area contributed by atoms with Crippen molar-refractivity contribution in [2.45, 2.75) is 117 Å². The first-order valence-electron chi connectivity index (χ1n) is 13.3. The molecule has 0 spiro atoms. The molecule has 31 heavy (non-hydrogen) atoms. The largest absolute Gasteiger partial charge is 0.365 e. The van der Waals surface area contributed by atoms with Crippen LogP contribution in [0.4, 0.5) is 0 Å². The van der Waals surface area contributed by atoms with E-state index in [2.05, 4.69) is 40.3 Å². The fraction of sp³-hybridized carbons (Fsp3) is 0.862. The van der Waals surface area contributed by atoms with Gasteiger partial charge in [0.1, 0.15) is 0 Å². The van der Waals surface area contributed by atoms with Gasteiger partial charge in [-0.2, -0.15) is 0 Å². The van der Waals surface area contributed by atoms with Crippen LogP contribution in [0, 0.1) is 40.4 Å². The molecule has 6 atom stereocenters. The first kappa shape index (κ1) is 23.6. The highest BCUT2D eigenvalue weighted by molar-refractivity contribution is 5.32. The number of rotatable bonds is 2. The van der Waals surface area contributed by atoms with Crippen LogP contribution < -0.4 is 0 Å². The molecule has 2 N–H and O–H groups in total. The third-order valence-electron chi connectivity index (χ3n) is 10.3. The summed E-state index contributed by atoms with van der Waals surface area (Å²) in [7, 11) is 0. The normalized spacial score (nSPS) is 44.1. The standard InChI is InChI=1S/C29H48O2/c1-20-12-16-29(30,31)19-24(20)9-8-23-17-22-13-15-27(3,4)14-6-7-21(2)25-10-11-26(23)28(25,5)18-22/h9,21-23,25-26,30-31H,1,6-8,10-19H2,2-5H3/b24-9-/t21-,22?,23?,25-,26+,28-/m1/s1. The lowest BCUT2D eigenvalue weighted by atomic mass is 9.55. The number of hydrogen-bond acceptors (Lipinski definition) is 2. The van der Waals surface area contributed by atoms with E-state index in [9.17, 15) is 10.2 Å². The summed E-state index contributed by atoms with van der Waals surface area (Å²) in [6.45, 7) is 14.4. The summed E-state index contributed by atoms with van der Waals surface area (Å²) in [4.78, 5) is 0. The van der Waals surface area contributed by atoms with E-state index >= 15 is 0 Å². The lowest BCUT2D eigenvalue weighted by Gasteiger charge is -2.50. The van der Waals surface area contributed by atoms with Gasteiger partial charge in [0.05, 0.1) is 0 Å². The number of aliphatic hydroxyl groups is 2. The number of allylic oxidation sites excluding steroid dienone is 2. The lowest BCUT2D eigenvalue weighted by molar-refractivity contribution is -0.167. The molecule has 4 rings (SSSR count). The van der Waals surface area contributed by atoms with Crippen LogP contribution in [0.2, 0.25) is 0 Å². The first-order chi connectivity index (χ1) is 14.5. The molecule has 2 unspecified atom stereocenters. The molecule has 0 aromatic heterocycles. The van der Waals surface area contributed by atoms with E-state index in [0.717, 1.165) is 47.2 Å². The van der Waals surface area contributed by atoms with E-state index < -0.39 is 5.79 Å². The van der Waals surface area contributed by atoms with Gasteiger partial charge in [-0.1, -0.05) is 58.8 Å². The van der Waals surface area contributed by atoms with Crippen molar-refractivity contribution in [3.8, 4) is 0 Å². The molecular formula is C29H48O2. The van der Waals surface area contributed by atoms with Gasteiger partial charge in [-0.05, 0) is 104 Å². The molecular weight excluding hydrogens is 380 g/mol. The second-order valence-corrected chi connectivity index (χ2v) is 13.2. The van der Waals surface area contributed by atoms with Gasteiger partial charge in [0, 0.05) is 12.8 Å². The van der Waals surface area contributed by atoms with Crippen LogP contribution >= 0.6 is 0 Å². The molecule has 4 aliphatic rings. The minimum atomic E-state index is -1.54. The predicted molar refractivity (Wildman–Crippen MR) is 129 cm³/mol. The van der Waals surface area contributed by atoms with E-state index in [-0.39, 0.29) is 0 Å². The molecule has 0 heterocycles. The second kappa shape index (κ2) is 8.64. The average molecular weight is 429 g/mol. The summed E-state index contributed by atoms with van der Waals surface area (Å²) in [5.41, 5.74) is 3.22. The van der Waals surface area contributed by atoms with Crippen LogP contribution in [-0.2, 0) is 0 Å². The second-order valence-electron chi connectivity index (χ2n) is 13.2. The minimum Gasteiger partial charge on any atom is -0.365 e. The van der Waals surface area contributed by atoms with Crippen molar-refractivity contribution in [3.05, 3.63) is 23.8 Å². The summed E-state index contributed by atoms with van der Waals surface area (Å²) in [6.07, 6.45) is 17.6. The summed E-state index contributed by atoms with van der Waals surface area (Å²) in [5, 5.41) is 20.4. The zero-order valence-corrected chi connectivity index (χ0v) is 20.8. The van der Waals surface area contributed by atoms with Crippen LogP contribution in [0.3, 0.4) is 0 Å². The van der Waals surface area contributed by atoms with Gasteiger partial charge in [-0.25, -0.2) is 0 Å². The van der Waals surface area contributed by atoms with Gasteiger partial charge in [0.25, 0.3) is 0 Å². The third-order valence-corrected chi connectivity index (χ3v) is 10.3. The van der Waals surface area contributed by atoms with Crippen molar-refractivity contribution in [1.29, 1.82) is 0 Å². The SMILES string of the molecule is C=C1CCC(O)(O)C/C1=C/CC1CC2CCC(C)(C)CCC[C@@H](C)[C@H]3CC[C@@H]1[C@]3(C)C2. The maximum Gasteiger partial charge on any atom is 0.166 e. The summed E-state index contributed by atoms with van der Waals surface area (Å²) in [6, 6.07) is 0. The van der Waals surface area contributed by atoms with Crippen LogP contribution in [0.25, 0.3) is 0 Å². The van der Waals surface area contributed by atoms with E-state index in [4.69, 9.17) is 0 Å². The van der Waals surface area contributed by atoms with Gasteiger partial charge >= 0.3 is 0 Å². The van der Waals surface area contributed by atoms with Crippen molar-refractivity contribution in [1.82, 2.24) is 0 Å². The zero-order valence-electron chi connectivity index (χ0n) is 20.8. The van der Waals surface area contributed by atoms with Gasteiger partial charge in [0.15, 0.2) is 5.79 Å². The fourth-order valence-electron chi connectivity index (χ4n) is 8.45. The monoisotopic (exact) mass is 428 g/mol. The topological polar surface area (TPSA) is 40.5 Å². The Balaban J connectivity index is 1.57. The predicted octanol–water partition coefficient (Wildman–Crippen LogP) is 7.41. The smallest absolute Gasteiger partial charge is 0.166 e. The number of hydrogen-bond donors (Lipinski definition) is 2. The lowest BCUT2D eigenvalue weighted by Crippen LogP contribution is -2.42. The van der Waals surface area contributed by atoms with Gasteiger partial charge in [0.2, 0.25) is 0 Å². The van der Waals surface area contributed by atoms with Crippen LogP contribution in [0.15, 0.2) is 23.8 Å². The molecule has 4 saturated carbocycles. The molecule has 2 nitrogen and oxygen atoms in total. The molecule has 0 aliphatic heterocycles. The molecule has 0 amide bonds. The highest BCUT2D eigenvalue weighted by Crippen LogP contribution is 2.63. The quantitative estimate of drug-likeness (QED) is 0.450. The van der Waals surface area contributed by atoms with Gasteiger partial charge in [-0.3, -0.25) is 0 Å². The van der Waals surface area contributed by atoms with E-state index in [1.165, 1.54) is 57.8 Å². The molecule has 2 heteroatoms. The van der Waals surface area contributed by atoms with E-state index in [1.807, 2.05) is 0 Å². The van der Waals surface area contributed by atoms with Crippen LogP contribution in [0.1, 0.15) is 111 Å². The average Bonchev–Trinajstić information content (AvgIpc) is 3.03. The highest BCUT2D eigenvalue weighted by Gasteiger charge is 2.54. The van der Waals surface area contributed by atoms with Gasteiger partial charge in [-0.15, -0.1) is 0 Å². The van der Waals surface area contributed by atoms with Crippen LogP contribution in [-0.4, -0.2) is 16.0 Å². The zero-order chi connectivity index (χ0) is 22.4. The Kier molecular flexibility index (Phi) is 6.56. The Labute approximate surface area is 191 Å². The molecule has 2 bridgehead atoms. The van der Waals surface area contributed by atoms with Crippen LogP contribution in [0.5, 0.6) is 0 Å². The van der Waals surface area contributed by atoms with Crippen molar-refractivity contribution in [2.24, 2.45) is 40.4 Å². The van der Waals surface area contributed by atoms with E-state index in [0.29, 0.717) is 30.1 Å². The summed E-state index contributed by atoms with van der Waals surface area (Å²) in [5.74, 6) is 2.66. The van der Waals surface area contributed by atoms with Crippen molar-refractivity contribution < 1.29 is 10.2 Å². The fourth-order valence-corrected chi connectivity index (χ4v) is 8.45. The molecule has 0 aromatic rings. The maximum absolute atomic E-state index is 10.2. The maximum atomic E-state index is 10.2. The summed E-state index contributed by atoms with van der Waals surface area (Å²) >= 11 is 0. The summed E-state index contributed by atoms with van der Waals surface area (Å²) < 4.78 is 0. The van der Waals surface area contributed by atoms with Gasteiger partial charge < -0.3 is 10.2 Å². The Morgan fingerprint density at radius 1 is 1.00 bits per heavy atom. The van der Waals surface area contributed by atoms with Crippen molar-refractivity contribution in [2.75, 3.05) is 0 Å². The number of fused-ring (bicyclic) bond motifs is 1. The van der Waals surface area contributed by atoms with Crippen molar-refractivity contribution >= 4 is 0 Å². The molecule has 0 saturated heterocycles. The molecule has 176 valence electrons. The molecule has 0 radical (unpaired) electrons. The Hall–Kier alpha value is -0.600. The molecule has 4 fully saturated rings. The Bertz CT molecular complexity index is 702. The van der Waals surface area contributed by atoms with Crippen molar-refractivity contribution in [3.63, 3.8) is 0 Å². The van der Waals surface area contributed by atoms with E-state index in [1.54, 1.807) is 0 Å². The molecule has 4 aliphatic carbocycles. The Morgan fingerprint density at radius 2 is 1.74 bits per heavy atom. The third kappa shape index (κ3) is 5.01.